The Balaban J connectivity index is 1.63. The summed E-state index contributed by atoms with van der Waals surface area (Å²) in [6.07, 6.45) is 4.97. The summed E-state index contributed by atoms with van der Waals surface area (Å²) in [5.74, 6) is -0.549. The zero-order chi connectivity index (χ0) is 32.3. The molecule has 0 aliphatic carbocycles. The summed E-state index contributed by atoms with van der Waals surface area (Å²) >= 11 is 0. The summed E-state index contributed by atoms with van der Waals surface area (Å²) in [5, 5.41) is 13.1. The molecule has 10 heteroatoms. The maximum atomic E-state index is 14.3. The molecule has 4 atom stereocenters. The van der Waals surface area contributed by atoms with Crippen LogP contribution in [-0.4, -0.2) is 89.2 Å². The Morgan fingerprint density at radius 1 is 1.07 bits per heavy atom. The molecular weight excluding hydrogens is 572 g/mol. The lowest BCUT2D eigenvalue weighted by Crippen LogP contribution is -2.48. The van der Waals surface area contributed by atoms with Gasteiger partial charge in [-0.1, -0.05) is 25.1 Å². The van der Waals surface area contributed by atoms with E-state index in [2.05, 4.69) is 10.3 Å². The van der Waals surface area contributed by atoms with E-state index in [1.165, 1.54) is 0 Å². The quantitative estimate of drug-likeness (QED) is 0.387. The highest BCUT2D eigenvalue weighted by Crippen LogP contribution is 2.29. The molecule has 0 radical (unpaired) electrons. The summed E-state index contributed by atoms with van der Waals surface area (Å²) in [6, 6.07) is 16.9. The number of ether oxygens (including phenoxy) is 2. The van der Waals surface area contributed by atoms with Crippen LogP contribution in [0.1, 0.15) is 71.1 Å². The van der Waals surface area contributed by atoms with Crippen LogP contribution in [0.5, 0.6) is 5.75 Å². The normalized spacial score (nSPS) is 20.2. The number of hydrogen-bond donors (Lipinski definition) is 2. The average Bonchev–Trinajstić information content (AvgIpc) is 3.06. The van der Waals surface area contributed by atoms with Gasteiger partial charge in [0.05, 0.1) is 30.4 Å². The zero-order valence-electron chi connectivity index (χ0n) is 26.5. The molecule has 240 valence electrons. The maximum absolute atomic E-state index is 14.3. The SMILES string of the molecule is C[C@H]1CCCCO[C@@H](CN(C)C(=O)c2ccccc2)[C@@H](C)CN([C@@H](C)CO)C(=O)c2cc(NC(=O)c3ccncc3)ccc2O1. The number of rotatable bonds is 7. The Labute approximate surface area is 265 Å². The summed E-state index contributed by atoms with van der Waals surface area (Å²) in [5.41, 5.74) is 1.75. The van der Waals surface area contributed by atoms with E-state index < -0.39 is 6.04 Å². The van der Waals surface area contributed by atoms with Crippen LogP contribution in [0.15, 0.2) is 73.1 Å². The lowest BCUT2D eigenvalue weighted by Gasteiger charge is -2.36. The fourth-order valence-corrected chi connectivity index (χ4v) is 5.32. The van der Waals surface area contributed by atoms with Crippen molar-refractivity contribution in [1.82, 2.24) is 14.8 Å². The molecule has 0 unspecified atom stereocenters. The molecule has 45 heavy (non-hydrogen) atoms. The second-order valence-corrected chi connectivity index (χ2v) is 11.8. The molecule has 0 saturated heterocycles. The first-order valence-electron chi connectivity index (χ1n) is 15.5. The van der Waals surface area contributed by atoms with Crippen molar-refractivity contribution in [3.63, 3.8) is 0 Å². The van der Waals surface area contributed by atoms with Gasteiger partial charge < -0.3 is 29.7 Å². The minimum absolute atomic E-state index is 0.108. The van der Waals surface area contributed by atoms with E-state index >= 15 is 0 Å². The van der Waals surface area contributed by atoms with Crippen LogP contribution in [0.25, 0.3) is 0 Å². The van der Waals surface area contributed by atoms with E-state index in [1.54, 1.807) is 78.6 Å². The molecule has 10 nitrogen and oxygen atoms in total. The van der Waals surface area contributed by atoms with Crippen molar-refractivity contribution in [3.05, 3.63) is 89.7 Å². The van der Waals surface area contributed by atoms with Crippen LogP contribution in [0.4, 0.5) is 5.69 Å². The van der Waals surface area contributed by atoms with Crippen LogP contribution < -0.4 is 10.1 Å². The van der Waals surface area contributed by atoms with Gasteiger partial charge in [-0.25, -0.2) is 0 Å². The highest BCUT2D eigenvalue weighted by atomic mass is 16.5. The van der Waals surface area contributed by atoms with E-state index in [0.717, 1.165) is 19.3 Å². The third-order valence-corrected chi connectivity index (χ3v) is 8.07. The van der Waals surface area contributed by atoms with E-state index in [1.807, 2.05) is 32.0 Å². The molecule has 1 aromatic heterocycles. The van der Waals surface area contributed by atoms with Crippen molar-refractivity contribution in [2.45, 2.75) is 58.3 Å². The van der Waals surface area contributed by atoms with E-state index in [4.69, 9.17) is 9.47 Å². The van der Waals surface area contributed by atoms with Crippen molar-refractivity contribution in [3.8, 4) is 5.75 Å². The van der Waals surface area contributed by atoms with Crippen LogP contribution in [0.3, 0.4) is 0 Å². The third-order valence-electron chi connectivity index (χ3n) is 8.07. The molecule has 1 aliphatic rings. The van der Waals surface area contributed by atoms with Crippen LogP contribution >= 0.6 is 0 Å². The molecule has 3 amide bonds. The number of nitrogens with zero attached hydrogens (tertiary/aromatic N) is 3. The first-order valence-corrected chi connectivity index (χ1v) is 15.5. The molecular formula is C35H44N4O6. The molecule has 2 aromatic carbocycles. The summed E-state index contributed by atoms with van der Waals surface area (Å²) in [4.78, 5) is 47.6. The molecule has 2 heterocycles. The Kier molecular flexibility index (Phi) is 12.1. The van der Waals surface area contributed by atoms with Gasteiger partial charge in [0.25, 0.3) is 17.7 Å². The van der Waals surface area contributed by atoms with E-state index in [0.29, 0.717) is 35.7 Å². The van der Waals surface area contributed by atoms with Gasteiger partial charge in [0.15, 0.2) is 0 Å². The van der Waals surface area contributed by atoms with Gasteiger partial charge in [0, 0.05) is 61.9 Å². The van der Waals surface area contributed by atoms with Gasteiger partial charge in [-0.15, -0.1) is 0 Å². The molecule has 0 fully saturated rings. The molecule has 3 aromatic rings. The number of carbonyl (C=O) groups is 3. The van der Waals surface area contributed by atoms with Gasteiger partial charge in [-0.05, 0) is 75.6 Å². The monoisotopic (exact) mass is 616 g/mol. The average molecular weight is 617 g/mol. The Bertz CT molecular complexity index is 1420. The molecule has 4 rings (SSSR count). The van der Waals surface area contributed by atoms with E-state index in [-0.39, 0.29) is 54.6 Å². The van der Waals surface area contributed by atoms with Gasteiger partial charge in [-0.2, -0.15) is 0 Å². The largest absolute Gasteiger partial charge is 0.490 e. The van der Waals surface area contributed by atoms with Crippen LogP contribution in [0, 0.1) is 5.92 Å². The summed E-state index contributed by atoms with van der Waals surface area (Å²) in [7, 11) is 1.76. The fourth-order valence-electron chi connectivity index (χ4n) is 5.32. The highest BCUT2D eigenvalue weighted by molar-refractivity contribution is 6.05. The topological polar surface area (TPSA) is 121 Å². The summed E-state index contributed by atoms with van der Waals surface area (Å²) in [6.45, 7) is 6.60. The second kappa shape index (κ2) is 16.2. The fraction of sp³-hybridized carbons (Fsp3) is 0.429. The number of aliphatic hydroxyl groups excluding tert-OH is 1. The minimum Gasteiger partial charge on any atom is -0.490 e. The van der Waals surface area contributed by atoms with Gasteiger partial charge in [0.2, 0.25) is 0 Å². The Hall–Kier alpha value is -4.28. The number of nitrogens with one attached hydrogen (secondary N) is 1. The number of anilines is 1. The van der Waals surface area contributed by atoms with Crippen molar-refractivity contribution in [1.29, 1.82) is 0 Å². The number of hydrogen-bond acceptors (Lipinski definition) is 7. The number of pyridine rings is 1. The van der Waals surface area contributed by atoms with Crippen LogP contribution in [-0.2, 0) is 4.74 Å². The van der Waals surface area contributed by atoms with Crippen molar-refractivity contribution in [2.75, 3.05) is 38.7 Å². The van der Waals surface area contributed by atoms with Crippen molar-refractivity contribution >= 4 is 23.4 Å². The van der Waals surface area contributed by atoms with Gasteiger partial charge >= 0.3 is 0 Å². The van der Waals surface area contributed by atoms with Gasteiger partial charge in [0.1, 0.15) is 5.75 Å². The lowest BCUT2D eigenvalue weighted by atomic mass is 10.0. The number of benzene rings is 2. The third kappa shape index (κ3) is 9.12. The molecule has 2 N–H and O–H groups in total. The first kappa shape index (κ1) is 33.6. The predicted molar refractivity (Wildman–Crippen MR) is 172 cm³/mol. The molecule has 0 bridgehead atoms. The standard InChI is InChI=1S/C35H44N4O6/c1-24-21-39(25(2)23-40)35(43)30-20-29(37-33(41)27-15-17-36-18-16-27)13-14-31(30)45-26(3)10-8-9-19-44-32(24)22-38(4)34(42)28-11-6-5-7-12-28/h5-7,11-18,20,24-26,32,40H,8-10,19,21-23H2,1-4H3,(H,37,41)/t24-,25-,26-,32-/m0/s1. The Morgan fingerprint density at radius 2 is 1.80 bits per heavy atom. The molecule has 0 spiro atoms. The highest BCUT2D eigenvalue weighted by Gasteiger charge is 2.31. The number of fused-ring (bicyclic) bond motifs is 1. The Morgan fingerprint density at radius 3 is 2.51 bits per heavy atom. The second-order valence-electron chi connectivity index (χ2n) is 11.8. The lowest BCUT2D eigenvalue weighted by molar-refractivity contribution is -0.0149. The predicted octanol–water partition coefficient (Wildman–Crippen LogP) is 4.90. The number of amides is 3. The molecule has 0 saturated carbocycles. The smallest absolute Gasteiger partial charge is 0.258 e. The maximum Gasteiger partial charge on any atom is 0.258 e. The zero-order valence-corrected chi connectivity index (χ0v) is 26.5. The van der Waals surface area contributed by atoms with Crippen molar-refractivity contribution in [2.24, 2.45) is 5.92 Å². The number of likely N-dealkylation sites (N-methyl/N-ethyl adjacent to an activating group) is 1. The molecule has 1 aliphatic heterocycles. The van der Waals surface area contributed by atoms with E-state index in [9.17, 15) is 19.5 Å². The summed E-state index contributed by atoms with van der Waals surface area (Å²) < 4.78 is 12.6. The van der Waals surface area contributed by atoms with Gasteiger partial charge in [-0.3, -0.25) is 19.4 Å². The minimum atomic E-state index is -0.516. The van der Waals surface area contributed by atoms with Crippen molar-refractivity contribution < 1.29 is 29.0 Å². The number of carbonyl (C=O) groups excluding carboxylic acids is 3. The first-order chi connectivity index (χ1) is 21.7. The number of aromatic nitrogens is 1. The van der Waals surface area contributed by atoms with Crippen LogP contribution in [0.2, 0.25) is 0 Å². The number of aliphatic hydroxyl groups is 1.